The first-order valence-corrected chi connectivity index (χ1v) is 7.27. The maximum absolute atomic E-state index is 12.9. The zero-order valence-electron chi connectivity index (χ0n) is 12.0. The van der Waals surface area contributed by atoms with E-state index >= 15 is 0 Å². The lowest BCUT2D eigenvalue weighted by atomic mass is 9.70. The Bertz CT molecular complexity index is 719. The van der Waals surface area contributed by atoms with Gasteiger partial charge in [-0.15, -0.1) is 0 Å². The van der Waals surface area contributed by atoms with Crippen LogP contribution in [0.15, 0.2) is 24.3 Å². The maximum Gasteiger partial charge on any atom is 0.203 e. The fourth-order valence-electron chi connectivity index (χ4n) is 3.30. The van der Waals surface area contributed by atoms with Crippen LogP contribution in [-0.4, -0.2) is 22.2 Å². The highest BCUT2D eigenvalue weighted by Crippen LogP contribution is 2.41. The third-order valence-electron chi connectivity index (χ3n) is 4.55. The van der Waals surface area contributed by atoms with E-state index < -0.39 is 5.41 Å². The molecule has 0 fully saturated rings. The highest BCUT2D eigenvalue weighted by atomic mass is 16.6. The predicted octanol–water partition coefficient (Wildman–Crippen LogP) is 3.36. The second kappa shape index (κ2) is 4.98. The molecule has 1 atom stereocenters. The van der Waals surface area contributed by atoms with Crippen molar-refractivity contribution in [3.05, 3.63) is 45.6 Å². The summed E-state index contributed by atoms with van der Waals surface area (Å²) >= 11 is 0. The molecule has 21 heavy (non-hydrogen) atoms. The highest BCUT2D eigenvalue weighted by Gasteiger charge is 2.40. The first kappa shape index (κ1) is 13.8. The fraction of sp³-hybridized carbons (Fsp3) is 0.438. The van der Waals surface area contributed by atoms with Crippen LogP contribution in [0.2, 0.25) is 0 Å². The van der Waals surface area contributed by atoms with Crippen LogP contribution in [0, 0.1) is 15.5 Å². The minimum Gasteiger partial charge on any atom is -0.358 e. The van der Waals surface area contributed by atoms with E-state index in [2.05, 4.69) is 4.98 Å². The Morgan fingerprint density at radius 3 is 2.90 bits per heavy atom. The summed E-state index contributed by atoms with van der Waals surface area (Å²) in [5.41, 5.74) is 2.31. The molecule has 0 aliphatic heterocycles. The number of ketones is 1. The van der Waals surface area contributed by atoms with Crippen molar-refractivity contribution in [2.24, 2.45) is 5.41 Å². The topological polar surface area (TPSA) is 76.0 Å². The van der Waals surface area contributed by atoms with Gasteiger partial charge in [-0.1, -0.05) is 25.1 Å². The number of benzene rings is 1. The first-order chi connectivity index (χ1) is 10.0. The van der Waals surface area contributed by atoms with Crippen LogP contribution in [0.3, 0.4) is 0 Å². The van der Waals surface area contributed by atoms with Crippen molar-refractivity contribution in [2.45, 2.75) is 32.6 Å². The largest absolute Gasteiger partial charge is 0.358 e. The van der Waals surface area contributed by atoms with Crippen molar-refractivity contribution < 1.29 is 9.72 Å². The van der Waals surface area contributed by atoms with Crippen LogP contribution in [0.5, 0.6) is 0 Å². The molecule has 0 saturated heterocycles. The van der Waals surface area contributed by atoms with E-state index in [-0.39, 0.29) is 17.3 Å². The van der Waals surface area contributed by atoms with Crippen molar-refractivity contribution >= 4 is 16.7 Å². The van der Waals surface area contributed by atoms with Crippen LogP contribution >= 0.6 is 0 Å². The van der Waals surface area contributed by atoms with Gasteiger partial charge in [0.15, 0.2) is 5.78 Å². The third-order valence-corrected chi connectivity index (χ3v) is 4.55. The standard InChI is InChI=1S/C16H18N2O3/c1-16(8-4-10-18(20)21)9-7-13-14(15(16)19)11-5-2-3-6-12(11)17-13/h2-3,5-6,17H,4,7-10H2,1H3. The van der Waals surface area contributed by atoms with Crippen molar-refractivity contribution in [3.8, 4) is 0 Å². The Balaban J connectivity index is 1.92. The molecule has 0 saturated carbocycles. The lowest BCUT2D eigenvalue weighted by molar-refractivity contribution is -0.480. The summed E-state index contributed by atoms with van der Waals surface area (Å²) in [5, 5.41) is 11.4. The van der Waals surface area contributed by atoms with Crippen molar-refractivity contribution in [2.75, 3.05) is 6.54 Å². The Kier molecular flexibility index (Phi) is 3.27. The van der Waals surface area contributed by atoms with E-state index in [4.69, 9.17) is 0 Å². The fourth-order valence-corrected chi connectivity index (χ4v) is 3.30. The molecule has 1 unspecified atom stereocenters. The summed E-state index contributed by atoms with van der Waals surface area (Å²) in [6.07, 6.45) is 2.60. The number of aromatic amines is 1. The smallest absolute Gasteiger partial charge is 0.203 e. The number of rotatable bonds is 4. The summed E-state index contributed by atoms with van der Waals surface area (Å²) < 4.78 is 0. The number of para-hydroxylation sites is 1. The molecule has 0 radical (unpaired) electrons. The minimum absolute atomic E-state index is 0.0659. The van der Waals surface area contributed by atoms with Gasteiger partial charge in [-0.2, -0.15) is 0 Å². The average molecular weight is 286 g/mol. The molecule has 2 aromatic rings. The van der Waals surface area contributed by atoms with Gasteiger partial charge >= 0.3 is 0 Å². The number of nitrogens with one attached hydrogen (secondary N) is 1. The molecule has 0 bridgehead atoms. The quantitative estimate of drug-likeness (QED) is 0.691. The summed E-state index contributed by atoms with van der Waals surface area (Å²) in [5.74, 6) is 0.129. The second-order valence-corrected chi connectivity index (χ2v) is 6.07. The Hall–Kier alpha value is -2.17. The molecule has 1 aliphatic rings. The Morgan fingerprint density at radius 2 is 2.14 bits per heavy atom. The number of H-pyrrole nitrogens is 1. The number of aromatic nitrogens is 1. The van der Waals surface area contributed by atoms with Gasteiger partial charge in [0.25, 0.3) is 0 Å². The maximum atomic E-state index is 12.9. The lowest BCUT2D eigenvalue weighted by Gasteiger charge is -2.31. The molecule has 0 amide bonds. The molecule has 110 valence electrons. The molecular formula is C16H18N2O3. The number of hydrogen-bond acceptors (Lipinski definition) is 3. The van der Waals surface area contributed by atoms with Crippen LogP contribution in [0.4, 0.5) is 0 Å². The van der Waals surface area contributed by atoms with E-state index in [1.165, 1.54) is 0 Å². The van der Waals surface area contributed by atoms with E-state index in [1.807, 2.05) is 31.2 Å². The molecule has 0 spiro atoms. The second-order valence-electron chi connectivity index (χ2n) is 6.07. The molecule has 1 aliphatic carbocycles. The number of aryl methyl sites for hydroxylation is 1. The summed E-state index contributed by atoms with van der Waals surface area (Å²) in [6.45, 7) is 1.88. The average Bonchev–Trinajstić information content (AvgIpc) is 2.82. The predicted molar refractivity (Wildman–Crippen MR) is 80.2 cm³/mol. The van der Waals surface area contributed by atoms with Crippen LogP contribution in [0.25, 0.3) is 10.9 Å². The van der Waals surface area contributed by atoms with Gasteiger partial charge in [0.1, 0.15) is 0 Å². The molecule has 5 nitrogen and oxygen atoms in total. The number of hydrogen-bond donors (Lipinski definition) is 1. The zero-order chi connectivity index (χ0) is 15.0. The van der Waals surface area contributed by atoms with E-state index in [1.54, 1.807) is 0 Å². The molecule has 1 aromatic carbocycles. The number of Topliss-reactive ketones (excluding diaryl/α,β-unsaturated/α-hetero) is 1. The first-order valence-electron chi connectivity index (χ1n) is 7.27. The number of nitrogens with zero attached hydrogens (tertiary/aromatic N) is 1. The number of fused-ring (bicyclic) bond motifs is 3. The molecule has 5 heteroatoms. The number of nitro groups is 1. The van der Waals surface area contributed by atoms with Crippen molar-refractivity contribution in [1.82, 2.24) is 4.98 Å². The Morgan fingerprint density at radius 1 is 1.38 bits per heavy atom. The van der Waals surface area contributed by atoms with Gasteiger partial charge in [-0.25, -0.2) is 0 Å². The van der Waals surface area contributed by atoms with Crippen molar-refractivity contribution in [3.63, 3.8) is 0 Å². The number of carbonyl (C=O) groups excluding carboxylic acids is 1. The minimum atomic E-state index is -0.478. The van der Waals surface area contributed by atoms with Gasteiger partial charge in [0, 0.05) is 38.9 Å². The monoisotopic (exact) mass is 286 g/mol. The van der Waals surface area contributed by atoms with Gasteiger partial charge < -0.3 is 4.98 Å². The molecule has 1 aromatic heterocycles. The van der Waals surface area contributed by atoms with Gasteiger partial charge in [0.05, 0.1) is 0 Å². The summed E-state index contributed by atoms with van der Waals surface area (Å²) in [7, 11) is 0. The molecule has 1 N–H and O–H groups in total. The van der Waals surface area contributed by atoms with E-state index in [0.717, 1.165) is 35.0 Å². The summed E-state index contributed by atoms with van der Waals surface area (Å²) in [4.78, 5) is 26.4. The molecular weight excluding hydrogens is 268 g/mol. The van der Waals surface area contributed by atoms with Crippen molar-refractivity contribution in [1.29, 1.82) is 0 Å². The highest BCUT2D eigenvalue weighted by molar-refractivity contribution is 6.12. The van der Waals surface area contributed by atoms with E-state index in [9.17, 15) is 14.9 Å². The normalized spacial score (nSPS) is 21.5. The van der Waals surface area contributed by atoms with Gasteiger partial charge in [-0.05, 0) is 25.3 Å². The molecule has 1 heterocycles. The van der Waals surface area contributed by atoms with Crippen LogP contribution in [0.1, 0.15) is 42.2 Å². The Labute approximate surface area is 122 Å². The number of carbonyl (C=O) groups is 1. The summed E-state index contributed by atoms with van der Waals surface area (Å²) in [6, 6.07) is 7.82. The third kappa shape index (κ3) is 2.33. The van der Waals surface area contributed by atoms with Crippen LogP contribution < -0.4 is 0 Å². The lowest BCUT2D eigenvalue weighted by Crippen LogP contribution is -2.33. The zero-order valence-corrected chi connectivity index (χ0v) is 12.0. The molecule has 3 rings (SSSR count). The van der Waals surface area contributed by atoms with E-state index in [0.29, 0.717) is 12.8 Å². The SMILES string of the molecule is CC1(CCC[N+](=O)[O-])CCc2[nH]c3ccccc3c2C1=O. The van der Waals surface area contributed by atoms with Crippen LogP contribution in [-0.2, 0) is 6.42 Å². The van der Waals surface area contributed by atoms with Gasteiger partial charge in [0.2, 0.25) is 6.54 Å². The van der Waals surface area contributed by atoms with Gasteiger partial charge in [-0.3, -0.25) is 14.9 Å².